The number of sulfonamides is 1. The second-order valence-electron chi connectivity index (χ2n) is 6.03. The SMILES string of the molecule is Cc1cc(Cl)ccc1N1CCN(S(=O)(=O)c2ccccc2)C(C)C1=O. The minimum Gasteiger partial charge on any atom is -0.309 e. The molecule has 0 saturated carbocycles. The first kappa shape index (κ1) is 17.9. The van der Waals surface area contributed by atoms with Crippen LogP contribution < -0.4 is 4.90 Å². The summed E-state index contributed by atoms with van der Waals surface area (Å²) in [5, 5.41) is 0.604. The molecule has 1 atom stereocenters. The Morgan fingerprint density at radius 1 is 1.08 bits per heavy atom. The molecule has 132 valence electrons. The van der Waals surface area contributed by atoms with Crippen LogP contribution in [-0.4, -0.2) is 37.8 Å². The maximum Gasteiger partial charge on any atom is 0.245 e. The average molecular weight is 379 g/mol. The number of anilines is 1. The number of nitrogens with zero attached hydrogens (tertiary/aromatic N) is 2. The second-order valence-corrected chi connectivity index (χ2v) is 8.35. The number of carbonyl (C=O) groups is 1. The van der Waals surface area contributed by atoms with Gasteiger partial charge in [-0.05, 0) is 49.7 Å². The fraction of sp³-hybridized carbons (Fsp3) is 0.278. The third-order valence-corrected chi connectivity index (χ3v) is 6.62. The fourth-order valence-electron chi connectivity index (χ4n) is 3.07. The summed E-state index contributed by atoms with van der Waals surface area (Å²) in [7, 11) is -3.70. The Morgan fingerprint density at radius 2 is 1.76 bits per heavy atom. The normalized spacial score (nSPS) is 19.2. The lowest BCUT2D eigenvalue weighted by Crippen LogP contribution is -2.57. The van der Waals surface area contributed by atoms with Crippen molar-refractivity contribution in [1.82, 2.24) is 4.31 Å². The molecule has 1 aliphatic rings. The average Bonchev–Trinajstić information content (AvgIpc) is 2.58. The zero-order chi connectivity index (χ0) is 18.2. The second kappa shape index (κ2) is 6.78. The van der Waals surface area contributed by atoms with Crippen molar-refractivity contribution < 1.29 is 13.2 Å². The Bertz CT molecular complexity index is 900. The van der Waals surface area contributed by atoms with E-state index in [0.29, 0.717) is 11.6 Å². The maximum atomic E-state index is 12.8. The minimum atomic E-state index is -3.70. The van der Waals surface area contributed by atoms with E-state index in [-0.39, 0.29) is 17.3 Å². The standard InChI is InChI=1S/C18H19ClN2O3S/c1-13-12-15(19)8-9-17(13)20-10-11-21(14(2)18(20)22)25(23,24)16-6-4-3-5-7-16/h3-9,12,14H,10-11H2,1-2H3. The van der Waals surface area contributed by atoms with Crippen LogP contribution in [0.1, 0.15) is 12.5 Å². The minimum absolute atomic E-state index is 0.200. The lowest BCUT2D eigenvalue weighted by atomic mass is 10.1. The van der Waals surface area contributed by atoms with E-state index in [9.17, 15) is 13.2 Å². The monoisotopic (exact) mass is 378 g/mol. The fourth-order valence-corrected chi connectivity index (χ4v) is 4.90. The van der Waals surface area contributed by atoms with Gasteiger partial charge in [-0.25, -0.2) is 8.42 Å². The van der Waals surface area contributed by atoms with Crippen LogP contribution >= 0.6 is 11.6 Å². The van der Waals surface area contributed by atoms with Gasteiger partial charge in [0.25, 0.3) is 0 Å². The van der Waals surface area contributed by atoms with E-state index >= 15 is 0 Å². The zero-order valence-corrected chi connectivity index (χ0v) is 15.6. The molecule has 7 heteroatoms. The van der Waals surface area contributed by atoms with Crippen LogP contribution in [0.3, 0.4) is 0 Å². The first-order valence-corrected chi connectivity index (χ1v) is 9.78. The number of aryl methyl sites for hydroxylation is 1. The van der Waals surface area contributed by atoms with Crippen LogP contribution in [-0.2, 0) is 14.8 Å². The molecule has 2 aromatic rings. The van der Waals surface area contributed by atoms with Crippen LogP contribution in [0.5, 0.6) is 0 Å². The maximum absolute atomic E-state index is 12.8. The third kappa shape index (κ3) is 3.29. The molecule has 0 N–H and O–H groups in total. The van der Waals surface area contributed by atoms with Gasteiger partial charge < -0.3 is 4.90 Å². The Balaban J connectivity index is 1.89. The molecule has 0 aliphatic carbocycles. The van der Waals surface area contributed by atoms with Crippen LogP contribution in [0.25, 0.3) is 0 Å². The van der Waals surface area contributed by atoms with Gasteiger partial charge in [0, 0.05) is 23.8 Å². The number of rotatable bonds is 3. The number of hydrogen-bond acceptors (Lipinski definition) is 3. The number of halogens is 1. The predicted molar refractivity (Wildman–Crippen MR) is 98.3 cm³/mol. The van der Waals surface area contributed by atoms with Gasteiger partial charge in [-0.15, -0.1) is 0 Å². The van der Waals surface area contributed by atoms with Crippen molar-refractivity contribution >= 4 is 33.2 Å². The number of hydrogen-bond donors (Lipinski definition) is 0. The molecule has 1 aliphatic heterocycles. The van der Waals surface area contributed by atoms with Gasteiger partial charge in [0.2, 0.25) is 15.9 Å². The molecule has 0 aromatic heterocycles. The van der Waals surface area contributed by atoms with Gasteiger partial charge in [0.15, 0.2) is 0 Å². The van der Waals surface area contributed by atoms with Gasteiger partial charge in [-0.3, -0.25) is 4.79 Å². The number of benzene rings is 2. The summed E-state index contributed by atoms with van der Waals surface area (Å²) in [5.41, 5.74) is 1.64. The Hall–Kier alpha value is -1.89. The van der Waals surface area contributed by atoms with Crippen LogP contribution in [0.2, 0.25) is 5.02 Å². The molecular weight excluding hydrogens is 360 g/mol. The number of carbonyl (C=O) groups excluding carboxylic acids is 1. The van der Waals surface area contributed by atoms with E-state index in [1.807, 2.05) is 6.92 Å². The molecule has 1 fully saturated rings. The predicted octanol–water partition coefficient (Wildman–Crippen LogP) is 3.07. The molecule has 0 bridgehead atoms. The van der Waals surface area contributed by atoms with Gasteiger partial charge in [0.05, 0.1) is 4.90 Å². The highest BCUT2D eigenvalue weighted by Crippen LogP contribution is 2.28. The molecule has 1 amide bonds. The van der Waals surface area contributed by atoms with E-state index in [1.54, 1.807) is 60.4 Å². The van der Waals surface area contributed by atoms with Gasteiger partial charge in [0.1, 0.15) is 6.04 Å². The van der Waals surface area contributed by atoms with Gasteiger partial charge in [-0.2, -0.15) is 4.31 Å². The van der Waals surface area contributed by atoms with Crippen LogP contribution in [0.15, 0.2) is 53.4 Å². The lowest BCUT2D eigenvalue weighted by molar-refractivity contribution is -0.123. The number of amides is 1. The van der Waals surface area contributed by atoms with E-state index < -0.39 is 16.1 Å². The summed E-state index contributed by atoms with van der Waals surface area (Å²) in [6.07, 6.45) is 0. The van der Waals surface area contributed by atoms with Crippen molar-refractivity contribution in [2.24, 2.45) is 0 Å². The third-order valence-electron chi connectivity index (χ3n) is 4.40. The van der Waals surface area contributed by atoms with E-state index in [2.05, 4.69) is 0 Å². The molecule has 25 heavy (non-hydrogen) atoms. The quantitative estimate of drug-likeness (QED) is 0.824. The molecule has 1 heterocycles. The summed E-state index contributed by atoms with van der Waals surface area (Å²) in [4.78, 5) is 14.7. The summed E-state index contributed by atoms with van der Waals surface area (Å²) in [6.45, 7) is 4.05. The molecule has 5 nitrogen and oxygen atoms in total. The molecule has 3 rings (SSSR count). The highest BCUT2D eigenvalue weighted by atomic mass is 35.5. The molecule has 1 unspecified atom stereocenters. The largest absolute Gasteiger partial charge is 0.309 e. The van der Waals surface area contributed by atoms with Crippen molar-refractivity contribution in [3.8, 4) is 0 Å². The van der Waals surface area contributed by atoms with Crippen molar-refractivity contribution in [1.29, 1.82) is 0 Å². The Kier molecular flexibility index (Phi) is 4.86. The number of piperazine rings is 1. The highest BCUT2D eigenvalue weighted by molar-refractivity contribution is 7.89. The van der Waals surface area contributed by atoms with E-state index in [4.69, 9.17) is 11.6 Å². The first-order chi connectivity index (χ1) is 11.8. The Morgan fingerprint density at radius 3 is 2.40 bits per heavy atom. The topological polar surface area (TPSA) is 57.7 Å². The van der Waals surface area contributed by atoms with Gasteiger partial charge >= 0.3 is 0 Å². The summed E-state index contributed by atoms with van der Waals surface area (Å²) in [6, 6.07) is 12.7. The van der Waals surface area contributed by atoms with Gasteiger partial charge in [-0.1, -0.05) is 29.8 Å². The van der Waals surface area contributed by atoms with E-state index in [1.165, 1.54) is 4.31 Å². The van der Waals surface area contributed by atoms with Crippen LogP contribution in [0, 0.1) is 6.92 Å². The smallest absolute Gasteiger partial charge is 0.245 e. The zero-order valence-electron chi connectivity index (χ0n) is 14.0. The summed E-state index contributed by atoms with van der Waals surface area (Å²) in [5.74, 6) is -0.240. The molecule has 1 saturated heterocycles. The summed E-state index contributed by atoms with van der Waals surface area (Å²) < 4.78 is 26.9. The molecular formula is C18H19ClN2O3S. The Labute approximate surface area is 152 Å². The van der Waals surface area contributed by atoms with Crippen molar-refractivity contribution in [2.45, 2.75) is 24.8 Å². The van der Waals surface area contributed by atoms with E-state index in [0.717, 1.165) is 11.3 Å². The molecule has 2 aromatic carbocycles. The molecule has 0 radical (unpaired) electrons. The lowest BCUT2D eigenvalue weighted by Gasteiger charge is -2.38. The molecule has 0 spiro atoms. The van der Waals surface area contributed by atoms with Crippen molar-refractivity contribution in [3.63, 3.8) is 0 Å². The summed E-state index contributed by atoms with van der Waals surface area (Å²) >= 11 is 5.98. The highest BCUT2D eigenvalue weighted by Gasteiger charge is 2.39. The van der Waals surface area contributed by atoms with Crippen LogP contribution in [0.4, 0.5) is 5.69 Å². The van der Waals surface area contributed by atoms with Crippen molar-refractivity contribution in [3.05, 3.63) is 59.1 Å². The van der Waals surface area contributed by atoms with Crippen molar-refractivity contribution in [2.75, 3.05) is 18.0 Å². The first-order valence-electron chi connectivity index (χ1n) is 7.97.